The van der Waals surface area contributed by atoms with E-state index in [1.807, 2.05) is 13.0 Å². The van der Waals surface area contributed by atoms with Crippen molar-refractivity contribution >= 4 is 17.6 Å². The van der Waals surface area contributed by atoms with Gasteiger partial charge < -0.3 is 19.9 Å². The van der Waals surface area contributed by atoms with Crippen LogP contribution in [0.1, 0.15) is 39.0 Å². The van der Waals surface area contributed by atoms with E-state index >= 15 is 0 Å². The Morgan fingerprint density at radius 2 is 1.70 bits per heavy atom. The predicted molar refractivity (Wildman–Crippen MR) is 133 cm³/mol. The molecule has 3 rings (SSSR count). The van der Waals surface area contributed by atoms with E-state index in [4.69, 9.17) is 26.8 Å². The van der Waals surface area contributed by atoms with Crippen LogP contribution in [-0.2, 0) is 28.5 Å². The van der Waals surface area contributed by atoms with Crippen LogP contribution >= 0.6 is 11.6 Å². The second kappa shape index (κ2) is 10.6. The molecule has 0 aliphatic rings. The topological polar surface area (TPSA) is 88.6 Å². The molecule has 0 amide bonds. The molecule has 37 heavy (non-hydrogen) atoms. The quantitative estimate of drug-likeness (QED) is 0.347. The molecule has 1 aromatic heterocycles. The smallest absolute Gasteiger partial charge is 0.475 e. The average molecular weight is 540 g/mol. The molecule has 1 atom stereocenters. The van der Waals surface area contributed by atoms with Crippen LogP contribution in [0, 0.1) is 0 Å². The van der Waals surface area contributed by atoms with Crippen molar-refractivity contribution in [3.05, 3.63) is 64.8 Å². The first-order valence-electron chi connectivity index (χ1n) is 11.5. The molecular weight excluding hydrogens is 511 g/mol. The molecule has 0 spiro atoms. The number of rotatable bonds is 9. The van der Waals surface area contributed by atoms with Gasteiger partial charge in [0.15, 0.2) is 5.60 Å². The lowest BCUT2D eigenvalue weighted by Crippen LogP contribution is -2.40. The molecule has 0 bridgehead atoms. The first-order chi connectivity index (χ1) is 17.1. The van der Waals surface area contributed by atoms with Gasteiger partial charge in [-0.15, -0.1) is 13.2 Å². The number of benzene rings is 2. The molecule has 1 unspecified atom stereocenters. The number of nitrogens with two attached hydrogens (primary N) is 1. The number of aromatic nitrogens is 2. The molecule has 7 nitrogen and oxygen atoms in total. The second-order valence-electron chi connectivity index (χ2n) is 9.29. The lowest BCUT2D eigenvalue weighted by Gasteiger charge is -2.28. The van der Waals surface area contributed by atoms with Crippen LogP contribution in [-0.4, -0.2) is 34.3 Å². The number of nitrogens with zero attached hydrogens (tertiary/aromatic N) is 2. The summed E-state index contributed by atoms with van der Waals surface area (Å²) in [5.74, 6) is -0.495. The van der Waals surface area contributed by atoms with Crippen LogP contribution < -0.4 is 15.2 Å². The lowest BCUT2D eigenvalue weighted by atomic mass is 9.88. The van der Waals surface area contributed by atoms with Crippen molar-refractivity contribution in [3.8, 4) is 22.8 Å². The third kappa shape index (κ3) is 7.17. The summed E-state index contributed by atoms with van der Waals surface area (Å²) >= 11 is 6.46. The Hall–Kier alpha value is -3.24. The fraction of sp³-hybridized carbons (Fsp3) is 0.385. The Labute approximate surface area is 218 Å². The highest BCUT2D eigenvalue weighted by Crippen LogP contribution is 2.34. The summed E-state index contributed by atoms with van der Waals surface area (Å²) in [6.45, 7) is 6.99. The van der Waals surface area contributed by atoms with E-state index in [1.165, 1.54) is 24.3 Å². The molecule has 200 valence electrons. The van der Waals surface area contributed by atoms with Crippen LogP contribution in [0.15, 0.2) is 48.5 Å². The van der Waals surface area contributed by atoms with Gasteiger partial charge >= 0.3 is 12.3 Å². The normalized spacial score (nSPS) is 13.7. The summed E-state index contributed by atoms with van der Waals surface area (Å²) < 4.78 is 53.7. The molecule has 0 saturated heterocycles. The molecule has 0 aliphatic heterocycles. The molecule has 0 saturated carbocycles. The zero-order valence-electron chi connectivity index (χ0n) is 21.1. The Bertz CT molecular complexity index is 1250. The van der Waals surface area contributed by atoms with Gasteiger partial charge in [-0.25, -0.2) is 4.79 Å². The first-order valence-corrected chi connectivity index (χ1v) is 11.8. The van der Waals surface area contributed by atoms with Crippen LogP contribution in [0.4, 0.5) is 13.2 Å². The van der Waals surface area contributed by atoms with E-state index in [1.54, 1.807) is 50.7 Å². The highest BCUT2D eigenvalue weighted by Gasteiger charge is 2.33. The van der Waals surface area contributed by atoms with Crippen LogP contribution in [0.3, 0.4) is 0 Å². The molecular formula is C26H29ClF3N3O4. The number of alkyl halides is 3. The van der Waals surface area contributed by atoms with Gasteiger partial charge in [0.1, 0.15) is 11.5 Å². The highest BCUT2D eigenvalue weighted by molar-refractivity contribution is 6.32. The summed E-state index contributed by atoms with van der Waals surface area (Å²) in [4.78, 5) is 12.1. The third-order valence-electron chi connectivity index (χ3n) is 5.63. The number of carbonyl (C=O) groups is 1. The second-order valence-corrected chi connectivity index (χ2v) is 9.70. The maximum Gasteiger partial charge on any atom is 0.573 e. The number of hydrogen-bond donors (Lipinski definition) is 1. The maximum absolute atomic E-state index is 12.4. The van der Waals surface area contributed by atoms with E-state index < -0.39 is 23.5 Å². The number of hydrogen-bond acceptors (Lipinski definition) is 6. The van der Waals surface area contributed by atoms with Gasteiger partial charge in [0.25, 0.3) is 0 Å². The summed E-state index contributed by atoms with van der Waals surface area (Å²) in [5, 5.41) is 4.76. The number of carbonyl (C=O) groups excluding carboxylic acids is 1. The van der Waals surface area contributed by atoms with Crippen LogP contribution in [0.5, 0.6) is 11.5 Å². The third-order valence-corrected chi connectivity index (χ3v) is 5.93. The lowest BCUT2D eigenvalue weighted by molar-refractivity contribution is -0.274. The van der Waals surface area contributed by atoms with Crippen molar-refractivity contribution in [3.63, 3.8) is 0 Å². The van der Waals surface area contributed by atoms with Crippen molar-refractivity contribution in [2.24, 2.45) is 12.8 Å². The summed E-state index contributed by atoms with van der Waals surface area (Å²) in [5.41, 5.74) is 7.32. The average Bonchev–Trinajstić information content (AvgIpc) is 3.14. The van der Waals surface area contributed by atoms with Gasteiger partial charge in [0.05, 0.1) is 17.3 Å². The standard InChI is InChI=1S/C26H29ClF3N3O4/c1-6-35-23(34)24(2,3)37-22-12-9-17(13-20(22)27)25(4,31)15-18-14-21(32-33(18)5)16-7-10-19(11-8-16)36-26(28,29)30/h7-14H,6,15,31H2,1-5H3. The van der Waals surface area contributed by atoms with Gasteiger partial charge in [-0.1, -0.05) is 17.7 Å². The minimum atomic E-state index is -4.75. The van der Waals surface area contributed by atoms with Gasteiger partial charge in [-0.3, -0.25) is 4.68 Å². The van der Waals surface area contributed by atoms with Crippen molar-refractivity contribution in [1.82, 2.24) is 9.78 Å². The Morgan fingerprint density at radius 1 is 1.05 bits per heavy atom. The zero-order chi connectivity index (χ0) is 27.6. The van der Waals surface area contributed by atoms with Crippen molar-refractivity contribution in [1.29, 1.82) is 0 Å². The Balaban J connectivity index is 1.77. The van der Waals surface area contributed by atoms with Gasteiger partial charge in [-0.2, -0.15) is 5.10 Å². The SMILES string of the molecule is CCOC(=O)C(C)(C)Oc1ccc(C(C)(N)Cc2cc(-c3ccc(OC(F)(F)F)cc3)nn2C)cc1Cl. The van der Waals surface area contributed by atoms with E-state index in [9.17, 15) is 18.0 Å². The molecule has 11 heteroatoms. The van der Waals surface area contributed by atoms with E-state index in [0.717, 1.165) is 11.3 Å². The molecule has 2 aromatic carbocycles. The monoisotopic (exact) mass is 539 g/mol. The van der Waals surface area contributed by atoms with Crippen molar-refractivity contribution in [2.75, 3.05) is 6.61 Å². The van der Waals surface area contributed by atoms with Gasteiger partial charge in [-0.05, 0) is 75.7 Å². The van der Waals surface area contributed by atoms with Crippen LogP contribution in [0.2, 0.25) is 5.02 Å². The molecule has 0 aliphatic carbocycles. The van der Waals surface area contributed by atoms with E-state index in [2.05, 4.69) is 9.84 Å². The molecule has 2 N–H and O–H groups in total. The highest BCUT2D eigenvalue weighted by atomic mass is 35.5. The number of halogens is 4. The van der Waals surface area contributed by atoms with Gasteiger partial charge in [0, 0.05) is 30.3 Å². The van der Waals surface area contributed by atoms with Crippen molar-refractivity contribution in [2.45, 2.75) is 51.6 Å². The summed E-state index contributed by atoms with van der Waals surface area (Å²) in [7, 11) is 1.76. The number of esters is 1. The fourth-order valence-electron chi connectivity index (χ4n) is 3.68. The summed E-state index contributed by atoms with van der Waals surface area (Å²) in [6.07, 6.45) is -4.37. The largest absolute Gasteiger partial charge is 0.573 e. The Kier molecular flexibility index (Phi) is 8.14. The minimum absolute atomic E-state index is 0.233. The van der Waals surface area contributed by atoms with Crippen molar-refractivity contribution < 1.29 is 32.2 Å². The maximum atomic E-state index is 12.4. The molecule has 0 fully saturated rings. The van der Waals surface area contributed by atoms with Crippen LogP contribution in [0.25, 0.3) is 11.3 Å². The molecule has 0 radical (unpaired) electrons. The predicted octanol–water partition coefficient (Wildman–Crippen LogP) is 5.78. The molecule has 3 aromatic rings. The molecule has 1 heterocycles. The Morgan fingerprint density at radius 3 is 2.27 bits per heavy atom. The number of aryl methyl sites for hydroxylation is 1. The zero-order valence-corrected chi connectivity index (χ0v) is 21.9. The van der Waals surface area contributed by atoms with Gasteiger partial charge in [0.2, 0.25) is 0 Å². The first kappa shape index (κ1) is 28.3. The van der Waals surface area contributed by atoms with E-state index in [-0.39, 0.29) is 12.4 Å². The van der Waals surface area contributed by atoms with E-state index in [0.29, 0.717) is 28.5 Å². The summed E-state index contributed by atoms with van der Waals surface area (Å²) in [6, 6.07) is 12.4. The minimum Gasteiger partial charge on any atom is -0.475 e. The fourth-order valence-corrected chi connectivity index (χ4v) is 3.90. The number of ether oxygens (including phenoxy) is 3.